The Morgan fingerprint density at radius 1 is 1.22 bits per heavy atom. The maximum atomic E-state index is 13.1. The van der Waals surface area contributed by atoms with E-state index in [0.29, 0.717) is 12.5 Å². The fourth-order valence-corrected chi connectivity index (χ4v) is 6.30. The summed E-state index contributed by atoms with van der Waals surface area (Å²) in [7, 11) is 0. The van der Waals surface area contributed by atoms with Gasteiger partial charge < -0.3 is 10.6 Å². The zero-order chi connectivity index (χ0) is 18.6. The van der Waals surface area contributed by atoms with Crippen LogP contribution in [-0.2, 0) is 17.6 Å². The molecule has 4 aliphatic carbocycles. The standard InChI is InChI=1S/C22H30N2O2S/c1-14-5-6-17-15(9-14)10-18(27-17)19(25)24-21(7-3-2-4-8-21)13-23-20(26)22-11-16(22)12-22/h10,14,16H,2-9,11-13H2,1H3,(H,23,26)(H,24,25). The zero-order valence-corrected chi connectivity index (χ0v) is 17.1. The summed E-state index contributed by atoms with van der Waals surface area (Å²) in [6.45, 7) is 2.89. The Hall–Kier alpha value is -1.36. The van der Waals surface area contributed by atoms with Gasteiger partial charge in [-0.2, -0.15) is 0 Å². The molecule has 146 valence electrons. The lowest BCUT2D eigenvalue weighted by molar-refractivity contribution is -0.124. The number of nitrogens with one attached hydrogen (secondary N) is 2. The lowest BCUT2D eigenvalue weighted by Crippen LogP contribution is -2.56. The highest BCUT2D eigenvalue weighted by Crippen LogP contribution is 2.75. The number of carbonyl (C=O) groups is 2. The molecule has 27 heavy (non-hydrogen) atoms. The molecule has 0 radical (unpaired) electrons. The molecule has 0 spiro atoms. The van der Waals surface area contributed by atoms with Gasteiger partial charge in [-0.05, 0) is 68.4 Å². The molecule has 0 saturated heterocycles. The molecule has 0 aliphatic heterocycles. The summed E-state index contributed by atoms with van der Waals surface area (Å²) >= 11 is 1.68. The van der Waals surface area contributed by atoms with Gasteiger partial charge in [-0.25, -0.2) is 0 Å². The molecule has 1 aromatic heterocycles. The van der Waals surface area contributed by atoms with Crippen molar-refractivity contribution >= 4 is 23.2 Å². The van der Waals surface area contributed by atoms with Gasteiger partial charge in [-0.3, -0.25) is 9.59 Å². The van der Waals surface area contributed by atoms with Gasteiger partial charge in [0.25, 0.3) is 5.91 Å². The molecule has 2 amide bonds. The molecular weight excluding hydrogens is 356 g/mol. The van der Waals surface area contributed by atoms with E-state index in [9.17, 15) is 9.59 Å². The predicted octanol–water partition coefficient (Wildman–Crippen LogP) is 3.83. The Labute approximate surface area is 165 Å². The number of rotatable bonds is 5. The smallest absolute Gasteiger partial charge is 0.261 e. The molecule has 4 aliphatic rings. The minimum absolute atomic E-state index is 0.00334. The van der Waals surface area contributed by atoms with E-state index < -0.39 is 0 Å². The first kappa shape index (κ1) is 17.7. The fraction of sp³-hybridized carbons (Fsp3) is 0.727. The van der Waals surface area contributed by atoms with E-state index in [1.54, 1.807) is 11.3 Å². The summed E-state index contributed by atoms with van der Waals surface area (Å²) in [6, 6.07) is 2.12. The van der Waals surface area contributed by atoms with Gasteiger partial charge in [-0.1, -0.05) is 26.2 Å². The van der Waals surface area contributed by atoms with Crippen molar-refractivity contribution in [3.05, 3.63) is 21.4 Å². The Balaban J connectivity index is 1.27. The van der Waals surface area contributed by atoms with Crippen molar-refractivity contribution in [2.75, 3.05) is 6.54 Å². The largest absolute Gasteiger partial charge is 0.353 e. The second kappa shape index (κ2) is 6.33. The van der Waals surface area contributed by atoms with Crippen molar-refractivity contribution in [2.24, 2.45) is 17.3 Å². The summed E-state index contributed by atoms with van der Waals surface area (Å²) in [5.74, 6) is 1.67. The van der Waals surface area contributed by atoms with Crippen LogP contribution in [0, 0.1) is 17.3 Å². The van der Waals surface area contributed by atoms with Crippen LogP contribution < -0.4 is 10.6 Å². The second-order valence-corrected chi connectivity index (χ2v) is 10.8. The minimum Gasteiger partial charge on any atom is -0.353 e. The van der Waals surface area contributed by atoms with Crippen molar-refractivity contribution in [1.82, 2.24) is 10.6 Å². The van der Waals surface area contributed by atoms with Gasteiger partial charge in [0, 0.05) is 11.4 Å². The second-order valence-electron chi connectivity index (χ2n) is 9.65. The zero-order valence-electron chi connectivity index (χ0n) is 16.2. The Kier molecular flexibility index (Phi) is 4.15. The van der Waals surface area contributed by atoms with E-state index in [1.807, 2.05) is 0 Å². The molecule has 5 rings (SSSR count). The average Bonchev–Trinajstić information content (AvgIpc) is 3.48. The molecule has 3 fully saturated rings. The molecule has 1 atom stereocenters. The third-order valence-electron chi connectivity index (χ3n) is 7.46. The summed E-state index contributed by atoms with van der Waals surface area (Å²) in [4.78, 5) is 27.8. The summed E-state index contributed by atoms with van der Waals surface area (Å²) in [5, 5.41) is 6.57. The number of thiophene rings is 1. The molecule has 5 heteroatoms. The van der Waals surface area contributed by atoms with Crippen LogP contribution in [-0.4, -0.2) is 23.9 Å². The lowest BCUT2D eigenvalue weighted by Gasteiger charge is -2.38. The molecule has 0 aromatic carbocycles. The van der Waals surface area contributed by atoms with Gasteiger partial charge in [0.2, 0.25) is 5.91 Å². The highest BCUT2D eigenvalue weighted by Gasteiger charge is 2.74. The van der Waals surface area contributed by atoms with Crippen LogP contribution in [0.15, 0.2) is 6.07 Å². The number of hydrogen-bond acceptors (Lipinski definition) is 3. The predicted molar refractivity (Wildman–Crippen MR) is 107 cm³/mol. The van der Waals surface area contributed by atoms with Crippen LogP contribution in [0.4, 0.5) is 0 Å². The van der Waals surface area contributed by atoms with Crippen molar-refractivity contribution < 1.29 is 9.59 Å². The third kappa shape index (κ3) is 3.22. The monoisotopic (exact) mass is 386 g/mol. The van der Waals surface area contributed by atoms with Gasteiger partial charge in [0.1, 0.15) is 0 Å². The van der Waals surface area contributed by atoms with E-state index in [-0.39, 0.29) is 22.8 Å². The van der Waals surface area contributed by atoms with Crippen molar-refractivity contribution in [2.45, 2.75) is 76.7 Å². The lowest BCUT2D eigenvalue weighted by atomic mass is 9.81. The summed E-state index contributed by atoms with van der Waals surface area (Å²) in [5.41, 5.74) is 1.12. The molecule has 0 bridgehead atoms. The Morgan fingerprint density at radius 2 is 1.96 bits per heavy atom. The molecule has 2 N–H and O–H groups in total. The summed E-state index contributed by atoms with van der Waals surface area (Å²) in [6.07, 6.45) is 11.0. The van der Waals surface area contributed by atoms with E-state index in [2.05, 4.69) is 23.6 Å². The van der Waals surface area contributed by atoms with E-state index in [4.69, 9.17) is 0 Å². The van der Waals surface area contributed by atoms with Crippen molar-refractivity contribution in [3.8, 4) is 0 Å². The highest BCUT2D eigenvalue weighted by molar-refractivity contribution is 7.14. The maximum absolute atomic E-state index is 13.1. The minimum atomic E-state index is -0.265. The molecule has 1 heterocycles. The number of aryl methyl sites for hydroxylation is 1. The van der Waals surface area contributed by atoms with E-state index in [1.165, 1.54) is 23.3 Å². The van der Waals surface area contributed by atoms with E-state index in [0.717, 1.165) is 62.2 Å². The maximum Gasteiger partial charge on any atom is 0.261 e. The third-order valence-corrected chi connectivity index (χ3v) is 8.70. The summed E-state index contributed by atoms with van der Waals surface area (Å²) < 4.78 is 0. The molecule has 3 saturated carbocycles. The molecule has 1 unspecified atom stereocenters. The number of hydrogen-bond donors (Lipinski definition) is 2. The Morgan fingerprint density at radius 3 is 2.67 bits per heavy atom. The van der Waals surface area contributed by atoms with Crippen molar-refractivity contribution in [3.63, 3.8) is 0 Å². The quantitative estimate of drug-likeness (QED) is 0.808. The number of fused-ring (bicyclic) bond motifs is 2. The SMILES string of the molecule is CC1CCc2sc(C(=O)NC3(CNC(=O)C45CC4C5)CCCCC3)cc2C1. The van der Waals surface area contributed by atoms with E-state index >= 15 is 0 Å². The number of carbonyl (C=O) groups excluding carboxylic acids is 2. The molecular formula is C22H30N2O2S. The average molecular weight is 387 g/mol. The highest BCUT2D eigenvalue weighted by atomic mass is 32.1. The van der Waals surface area contributed by atoms with Crippen LogP contribution in [0.5, 0.6) is 0 Å². The van der Waals surface area contributed by atoms with Crippen LogP contribution >= 0.6 is 11.3 Å². The van der Waals surface area contributed by atoms with Gasteiger partial charge >= 0.3 is 0 Å². The van der Waals surface area contributed by atoms with Crippen LogP contribution in [0.25, 0.3) is 0 Å². The number of amides is 2. The van der Waals surface area contributed by atoms with Gasteiger partial charge in [0.05, 0.1) is 15.8 Å². The molecule has 4 nitrogen and oxygen atoms in total. The topological polar surface area (TPSA) is 58.2 Å². The van der Waals surface area contributed by atoms with Crippen LogP contribution in [0.1, 0.15) is 78.4 Å². The molecule has 1 aromatic rings. The van der Waals surface area contributed by atoms with Gasteiger partial charge in [0.15, 0.2) is 0 Å². The Bertz CT molecular complexity index is 771. The first-order chi connectivity index (χ1) is 13.0. The fourth-order valence-electron chi connectivity index (χ4n) is 5.19. The first-order valence-electron chi connectivity index (χ1n) is 10.7. The van der Waals surface area contributed by atoms with Crippen molar-refractivity contribution in [1.29, 1.82) is 0 Å². The van der Waals surface area contributed by atoms with Gasteiger partial charge in [-0.15, -0.1) is 11.3 Å². The van der Waals surface area contributed by atoms with Crippen LogP contribution in [0.3, 0.4) is 0 Å². The van der Waals surface area contributed by atoms with Crippen LogP contribution in [0.2, 0.25) is 0 Å². The first-order valence-corrected chi connectivity index (χ1v) is 11.5. The normalized spacial score (nSPS) is 32.8.